The smallest absolute Gasteiger partial charge is 0.255 e. The Kier molecular flexibility index (Phi) is 7.92. The number of allylic oxidation sites excluding steroid dienone is 1. The van der Waals surface area contributed by atoms with E-state index in [4.69, 9.17) is 0 Å². The van der Waals surface area contributed by atoms with Crippen LogP contribution in [-0.4, -0.2) is 38.9 Å². The summed E-state index contributed by atoms with van der Waals surface area (Å²) in [7, 11) is 0. The van der Waals surface area contributed by atoms with E-state index in [0.29, 0.717) is 35.4 Å². The molecule has 184 valence electrons. The highest BCUT2D eigenvalue weighted by Crippen LogP contribution is 2.25. The van der Waals surface area contributed by atoms with Gasteiger partial charge in [-0.25, -0.2) is 0 Å². The van der Waals surface area contributed by atoms with Gasteiger partial charge >= 0.3 is 0 Å². The average Bonchev–Trinajstić information content (AvgIpc) is 3.36. The SMILES string of the molecule is CCCNC(=O)C=C(O)Cc1ccc(NC(=O)c2ccc3nn[nH]c3c2)cc1NCc1ccccc1. The number of hydrogen-bond acceptors (Lipinski definition) is 6. The molecule has 0 aliphatic heterocycles. The van der Waals surface area contributed by atoms with Crippen LogP contribution in [0.4, 0.5) is 11.4 Å². The molecule has 2 amide bonds. The molecule has 0 radical (unpaired) electrons. The molecule has 0 atom stereocenters. The van der Waals surface area contributed by atoms with Gasteiger partial charge in [-0.2, -0.15) is 0 Å². The third-order valence-electron chi connectivity index (χ3n) is 5.50. The van der Waals surface area contributed by atoms with E-state index in [2.05, 4.69) is 31.4 Å². The van der Waals surface area contributed by atoms with Crippen LogP contribution >= 0.6 is 0 Å². The number of carbonyl (C=O) groups is 2. The number of aromatic nitrogens is 3. The number of nitrogens with zero attached hydrogens (tertiary/aromatic N) is 2. The second-order valence-corrected chi connectivity index (χ2v) is 8.31. The number of hydrogen-bond donors (Lipinski definition) is 5. The molecule has 1 aromatic heterocycles. The maximum Gasteiger partial charge on any atom is 0.255 e. The summed E-state index contributed by atoms with van der Waals surface area (Å²) in [4.78, 5) is 24.8. The molecular weight excluding hydrogens is 456 g/mol. The summed E-state index contributed by atoms with van der Waals surface area (Å²) in [5.74, 6) is -0.658. The van der Waals surface area contributed by atoms with Crippen LogP contribution in [0.25, 0.3) is 11.0 Å². The van der Waals surface area contributed by atoms with Gasteiger partial charge in [-0.15, -0.1) is 5.10 Å². The van der Waals surface area contributed by atoms with Crippen LogP contribution in [0.1, 0.15) is 34.8 Å². The maximum absolute atomic E-state index is 12.9. The van der Waals surface area contributed by atoms with E-state index in [-0.39, 0.29) is 24.0 Å². The molecule has 0 aliphatic rings. The topological polar surface area (TPSA) is 132 Å². The number of fused-ring (bicyclic) bond motifs is 1. The molecule has 4 aromatic rings. The van der Waals surface area contributed by atoms with Gasteiger partial charge in [-0.05, 0) is 47.9 Å². The Morgan fingerprint density at radius 3 is 2.69 bits per heavy atom. The van der Waals surface area contributed by atoms with Crippen molar-refractivity contribution in [1.29, 1.82) is 0 Å². The molecule has 0 aliphatic carbocycles. The maximum atomic E-state index is 12.9. The van der Waals surface area contributed by atoms with Crippen molar-refractivity contribution in [3.63, 3.8) is 0 Å². The number of rotatable bonds is 10. The summed E-state index contributed by atoms with van der Waals surface area (Å²) in [6.07, 6.45) is 2.18. The quantitative estimate of drug-likeness (QED) is 0.168. The minimum atomic E-state index is -0.332. The van der Waals surface area contributed by atoms with Crippen LogP contribution in [0.5, 0.6) is 0 Å². The zero-order valence-electron chi connectivity index (χ0n) is 19.9. The lowest BCUT2D eigenvalue weighted by molar-refractivity contribution is -0.116. The highest BCUT2D eigenvalue weighted by Gasteiger charge is 2.12. The molecule has 1 heterocycles. The fraction of sp³-hybridized carbons (Fsp3) is 0.185. The Balaban J connectivity index is 1.53. The van der Waals surface area contributed by atoms with Gasteiger partial charge in [0.15, 0.2) is 0 Å². The van der Waals surface area contributed by atoms with Crippen molar-refractivity contribution in [2.24, 2.45) is 0 Å². The normalized spacial score (nSPS) is 11.3. The van der Waals surface area contributed by atoms with Gasteiger partial charge < -0.3 is 21.1 Å². The molecule has 0 spiro atoms. The highest BCUT2D eigenvalue weighted by atomic mass is 16.3. The molecular formula is C27H28N6O3. The van der Waals surface area contributed by atoms with Crippen molar-refractivity contribution >= 4 is 34.2 Å². The van der Waals surface area contributed by atoms with Gasteiger partial charge in [0.2, 0.25) is 5.91 Å². The summed E-state index contributed by atoms with van der Waals surface area (Å²) in [6.45, 7) is 3.06. The Morgan fingerprint density at radius 1 is 1.06 bits per heavy atom. The first-order valence-corrected chi connectivity index (χ1v) is 11.7. The number of aliphatic hydroxyl groups is 1. The number of anilines is 2. The molecule has 5 N–H and O–H groups in total. The molecule has 36 heavy (non-hydrogen) atoms. The second-order valence-electron chi connectivity index (χ2n) is 8.31. The number of amides is 2. The number of aliphatic hydroxyl groups excluding tert-OH is 1. The highest BCUT2D eigenvalue weighted by molar-refractivity contribution is 6.06. The van der Waals surface area contributed by atoms with Gasteiger partial charge in [0, 0.05) is 42.5 Å². The van der Waals surface area contributed by atoms with Crippen LogP contribution < -0.4 is 16.0 Å². The molecule has 0 unspecified atom stereocenters. The zero-order chi connectivity index (χ0) is 25.3. The summed E-state index contributed by atoms with van der Waals surface area (Å²) in [5.41, 5.74) is 5.01. The first-order chi connectivity index (χ1) is 17.5. The van der Waals surface area contributed by atoms with E-state index in [1.54, 1.807) is 24.3 Å². The predicted octanol–water partition coefficient (Wildman–Crippen LogP) is 4.33. The van der Waals surface area contributed by atoms with E-state index in [1.165, 1.54) is 6.08 Å². The van der Waals surface area contributed by atoms with Crippen molar-refractivity contribution in [3.05, 3.63) is 95.3 Å². The molecule has 0 fully saturated rings. The Morgan fingerprint density at radius 2 is 1.89 bits per heavy atom. The number of carbonyl (C=O) groups excluding carboxylic acids is 2. The van der Waals surface area contributed by atoms with E-state index < -0.39 is 0 Å². The minimum absolute atomic E-state index is 0.0513. The summed E-state index contributed by atoms with van der Waals surface area (Å²) < 4.78 is 0. The third kappa shape index (κ3) is 6.47. The average molecular weight is 485 g/mol. The van der Waals surface area contributed by atoms with Crippen LogP contribution in [-0.2, 0) is 17.8 Å². The van der Waals surface area contributed by atoms with Crippen LogP contribution in [0.3, 0.4) is 0 Å². The Hall–Kier alpha value is -4.66. The fourth-order valence-electron chi connectivity index (χ4n) is 3.65. The van der Waals surface area contributed by atoms with Gasteiger partial charge in [-0.1, -0.05) is 48.5 Å². The van der Waals surface area contributed by atoms with Crippen LogP contribution in [0, 0.1) is 0 Å². The van der Waals surface area contributed by atoms with Gasteiger partial charge in [0.1, 0.15) is 11.3 Å². The number of aromatic amines is 1. The van der Waals surface area contributed by atoms with Crippen molar-refractivity contribution in [1.82, 2.24) is 20.7 Å². The van der Waals surface area contributed by atoms with Gasteiger partial charge in [0.25, 0.3) is 5.91 Å². The van der Waals surface area contributed by atoms with Crippen molar-refractivity contribution < 1.29 is 14.7 Å². The number of nitrogens with one attached hydrogen (secondary N) is 4. The largest absolute Gasteiger partial charge is 0.512 e. The van der Waals surface area contributed by atoms with E-state index in [0.717, 1.165) is 23.2 Å². The lowest BCUT2D eigenvalue weighted by Gasteiger charge is -2.15. The standard InChI is InChI=1S/C27H28N6O3/c1-2-12-28-26(35)16-22(34)13-19-8-10-21(15-24(19)29-17-18-6-4-3-5-7-18)30-27(36)20-9-11-23-25(14-20)32-33-31-23/h3-11,14-16,29,34H,2,12-13,17H2,1H3,(H,28,35)(H,30,36)(H,31,32,33). The summed E-state index contributed by atoms with van der Waals surface area (Å²) >= 11 is 0. The van der Waals surface area contributed by atoms with Gasteiger partial charge in [0.05, 0.1) is 5.52 Å². The van der Waals surface area contributed by atoms with Gasteiger partial charge in [-0.3, -0.25) is 14.7 Å². The second kappa shape index (κ2) is 11.7. The number of benzene rings is 3. The molecule has 9 nitrogen and oxygen atoms in total. The fourth-order valence-corrected chi connectivity index (χ4v) is 3.65. The van der Waals surface area contributed by atoms with E-state index >= 15 is 0 Å². The Bertz CT molecular complexity index is 1380. The van der Waals surface area contributed by atoms with Crippen molar-refractivity contribution in [3.8, 4) is 0 Å². The third-order valence-corrected chi connectivity index (χ3v) is 5.50. The first-order valence-electron chi connectivity index (χ1n) is 11.7. The minimum Gasteiger partial charge on any atom is -0.512 e. The lowest BCUT2D eigenvalue weighted by Crippen LogP contribution is -2.22. The molecule has 0 saturated carbocycles. The molecule has 0 saturated heterocycles. The molecule has 0 bridgehead atoms. The van der Waals surface area contributed by atoms with Crippen molar-refractivity contribution in [2.75, 3.05) is 17.2 Å². The lowest BCUT2D eigenvalue weighted by atomic mass is 10.1. The van der Waals surface area contributed by atoms with E-state index in [1.807, 2.05) is 49.4 Å². The number of H-pyrrole nitrogens is 1. The predicted molar refractivity (Wildman–Crippen MR) is 140 cm³/mol. The Labute approximate surface area is 208 Å². The molecule has 4 rings (SSSR count). The molecule has 3 aromatic carbocycles. The summed E-state index contributed by atoms with van der Waals surface area (Å²) in [5, 5.41) is 29.9. The van der Waals surface area contributed by atoms with Crippen LogP contribution in [0.2, 0.25) is 0 Å². The van der Waals surface area contributed by atoms with Crippen LogP contribution in [0.15, 0.2) is 78.6 Å². The summed E-state index contributed by atoms with van der Waals surface area (Å²) in [6, 6.07) is 20.4. The molecule has 9 heteroatoms. The monoisotopic (exact) mass is 484 g/mol. The van der Waals surface area contributed by atoms with Crippen molar-refractivity contribution in [2.45, 2.75) is 26.3 Å². The first kappa shape index (κ1) is 24.5. The van der Waals surface area contributed by atoms with E-state index in [9.17, 15) is 14.7 Å². The zero-order valence-corrected chi connectivity index (χ0v) is 19.9.